The van der Waals surface area contributed by atoms with Gasteiger partial charge in [-0.1, -0.05) is 33.6 Å². The van der Waals surface area contributed by atoms with Crippen molar-refractivity contribution in [2.24, 2.45) is 34.5 Å². The van der Waals surface area contributed by atoms with Crippen LogP contribution in [0.2, 0.25) is 0 Å². The highest BCUT2D eigenvalue weighted by molar-refractivity contribution is 5.12. The topological polar surface area (TPSA) is 53.2 Å². The summed E-state index contributed by atoms with van der Waals surface area (Å²) in [6.45, 7) is 7.13. The van der Waals surface area contributed by atoms with Crippen molar-refractivity contribution in [3.63, 3.8) is 0 Å². The molecule has 0 aromatic heterocycles. The number of fused-ring (bicyclic) bond motifs is 1. The Hall–Kier alpha value is -0.590. The highest BCUT2D eigenvalue weighted by Crippen LogP contribution is 2.64. The summed E-state index contributed by atoms with van der Waals surface area (Å²) in [6, 6.07) is 2.63. The zero-order valence-corrected chi connectivity index (χ0v) is 16.6. The van der Waals surface area contributed by atoms with Crippen LogP contribution in [0.5, 0.6) is 0 Å². The average molecular weight is 348 g/mol. The van der Waals surface area contributed by atoms with Crippen molar-refractivity contribution in [1.82, 2.24) is 0 Å². The summed E-state index contributed by atoms with van der Waals surface area (Å²) in [4.78, 5) is 0. The average Bonchev–Trinajstić information content (AvgIpc) is 2.93. The molecule has 3 rings (SSSR count). The zero-order chi connectivity index (χ0) is 18.2. The maximum atomic E-state index is 10.0. The lowest BCUT2D eigenvalue weighted by Crippen LogP contribution is -2.54. The first kappa shape index (κ1) is 19.2. The molecule has 0 radical (unpaired) electrons. The van der Waals surface area contributed by atoms with Crippen LogP contribution in [0, 0.1) is 45.8 Å². The minimum atomic E-state index is -0.109. The Bertz CT molecular complexity index is 505. The van der Waals surface area contributed by atoms with Crippen molar-refractivity contribution in [3.8, 4) is 6.07 Å². The molecule has 0 heterocycles. The van der Waals surface area contributed by atoms with E-state index in [0.29, 0.717) is 17.8 Å². The van der Waals surface area contributed by atoms with Crippen LogP contribution in [0.25, 0.3) is 0 Å². The van der Waals surface area contributed by atoms with Gasteiger partial charge in [-0.2, -0.15) is 5.26 Å². The fourth-order valence-electron chi connectivity index (χ4n) is 7.06. The Morgan fingerprint density at radius 3 is 2.40 bits per heavy atom. The lowest BCUT2D eigenvalue weighted by Gasteiger charge is -2.57. The number of aliphatic hydroxyl groups is 1. The summed E-state index contributed by atoms with van der Waals surface area (Å²) in [5, 5.41) is 19.7. The van der Waals surface area contributed by atoms with Crippen LogP contribution >= 0.6 is 0 Å². The predicted molar refractivity (Wildman–Crippen MR) is 99.8 cm³/mol. The first-order valence-electron chi connectivity index (χ1n) is 10.5. The Labute approximate surface area is 154 Å². The van der Waals surface area contributed by atoms with Gasteiger partial charge in [-0.25, -0.2) is 0 Å². The van der Waals surface area contributed by atoms with Gasteiger partial charge in [-0.3, -0.25) is 0 Å². The van der Waals surface area contributed by atoms with Crippen molar-refractivity contribution in [2.45, 2.75) is 90.8 Å². The molecule has 0 amide bonds. The standard InChI is InChI=1S/C22H37NO2/c1-5-6-17-18-8-7-15(14-23)22(18,3)13-19(25-4)20(17)21(2)11-9-16(24)10-12-21/h15-20,24H,5-13H2,1-4H3/t15-,16-,17+,18+,19+,20-,21+,22-/m1/s1. The van der Waals surface area contributed by atoms with Crippen molar-refractivity contribution in [3.05, 3.63) is 0 Å². The predicted octanol–water partition coefficient (Wildman–Crippen LogP) is 4.93. The highest BCUT2D eigenvalue weighted by Gasteiger charge is 2.60. The molecule has 0 bridgehead atoms. The maximum Gasteiger partial charge on any atom is 0.0661 e. The monoisotopic (exact) mass is 347 g/mol. The number of hydrogen-bond acceptors (Lipinski definition) is 3. The van der Waals surface area contributed by atoms with Gasteiger partial charge in [0.2, 0.25) is 0 Å². The molecule has 0 aromatic carbocycles. The fraction of sp³-hybridized carbons (Fsp3) is 0.955. The third-order valence-electron chi connectivity index (χ3n) is 8.41. The molecule has 3 heteroatoms. The first-order chi connectivity index (χ1) is 11.9. The number of ether oxygens (including phenoxy) is 1. The van der Waals surface area contributed by atoms with Gasteiger partial charge >= 0.3 is 0 Å². The third kappa shape index (κ3) is 3.15. The molecule has 1 N–H and O–H groups in total. The van der Waals surface area contributed by atoms with Gasteiger partial charge in [-0.05, 0) is 73.5 Å². The summed E-state index contributed by atoms with van der Waals surface area (Å²) in [7, 11) is 1.88. The van der Waals surface area contributed by atoms with Gasteiger partial charge in [0.15, 0.2) is 0 Å². The van der Waals surface area contributed by atoms with Crippen molar-refractivity contribution in [1.29, 1.82) is 5.26 Å². The summed E-state index contributed by atoms with van der Waals surface area (Å²) in [5.41, 5.74) is 0.391. The largest absolute Gasteiger partial charge is 0.393 e. The molecule has 3 aliphatic rings. The van der Waals surface area contributed by atoms with Gasteiger partial charge < -0.3 is 9.84 Å². The second-order valence-electron chi connectivity index (χ2n) is 9.71. The van der Waals surface area contributed by atoms with E-state index in [4.69, 9.17) is 4.74 Å². The van der Waals surface area contributed by atoms with E-state index in [1.807, 2.05) is 7.11 Å². The minimum absolute atomic E-state index is 0.109. The minimum Gasteiger partial charge on any atom is -0.393 e. The first-order valence-corrected chi connectivity index (χ1v) is 10.5. The summed E-state index contributed by atoms with van der Waals surface area (Å²) < 4.78 is 6.12. The third-order valence-corrected chi connectivity index (χ3v) is 8.41. The molecule has 0 spiro atoms. The normalized spacial score (nSPS) is 50.2. The number of nitrogens with zero attached hydrogens (tertiary/aromatic N) is 1. The Morgan fingerprint density at radius 2 is 1.84 bits per heavy atom. The van der Waals surface area contributed by atoms with Crippen LogP contribution in [0.15, 0.2) is 0 Å². The lowest BCUT2D eigenvalue weighted by molar-refractivity contribution is -0.145. The van der Waals surface area contributed by atoms with E-state index >= 15 is 0 Å². The molecular formula is C22H37NO2. The molecule has 142 valence electrons. The Kier molecular flexibility index (Phi) is 5.52. The van der Waals surface area contributed by atoms with E-state index in [-0.39, 0.29) is 29.0 Å². The molecule has 3 saturated carbocycles. The number of aliphatic hydroxyl groups excluding tert-OH is 1. The van der Waals surface area contributed by atoms with Gasteiger partial charge in [0.1, 0.15) is 0 Å². The van der Waals surface area contributed by atoms with Crippen molar-refractivity contribution in [2.75, 3.05) is 7.11 Å². The fourth-order valence-corrected chi connectivity index (χ4v) is 7.06. The van der Waals surface area contributed by atoms with E-state index in [1.54, 1.807) is 0 Å². The van der Waals surface area contributed by atoms with E-state index in [1.165, 1.54) is 19.3 Å². The zero-order valence-electron chi connectivity index (χ0n) is 16.6. The SMILES string of the molecule is CCC[C@H]1[C@@H]2CC[C@H](C#N)[C@@]2(C)C[C@H](OC)[C@@H]1[C@]1(C)CC[C@H](O)CC1. The Balaban J connectivity index is 1.95. The van der Waals surface area contributed by atoms with Crippen LogP contribution in [0.3, 0.4) is 0 Å². The van der Waals surface area contributed by atoms with E-state index in [2.05, 4.69) is 26.8 Å². The number of methoxy groups -OCH3 is 1. The summed E-state index contributed by atoms with van der Waals surface area (Å²) >= 11 is 0. The summed E-state index contributed by atoms with van der Waals surface area (Å²) in [6.07, 6.45) is 10.0. The second kappa shape index (κ2) is 7.20. The van der Waals surface area contributed by atoms with Crippen molar-refractivity contribution >= 4 is 0 Å². The molecule has 3 nitrogen and oxygen atoms in total. The van der Waals surface area contributed by atoms with E-state index in [0.717, 1.165) is 38.5 Å². The molecule has 6 atom stereocenters. The van der Waals surface area contributed by atoms with Crippen LogP contribution in [-0.4, -0.2) is 24.4 Å². The summed E-state index contributed by atoms with van der Waals surface area (Å²) in [5.74, 6) is 2.08. The number of hydrogen-bond donors (Lipinski definition) is 1. The molecule has 3 fully saturated rings. The molecule has 0 aromatic rings. The van der Waals surface area contributed by atoms with Gasteiger partial charge in [0.25, 0.3) is 0 Å². The van der Waals surface area contributed by atoms with Gasteiger partial charge in [0.05, 0.1) is 24.2 Å². The highest BCUT2D eigenvalue weighted by atomic mass is 16.5. The second-order valence-corrected chi connectivity index (χ2v) is 9.71. The van der Waals surface area contributed by atoms with Crippen LogP contribution in [-0.2, 0) is 4.74 Å². The van der Waals surface area contributed by atoms with E-state index in [9.17, 15) is 10.4 Å². The van der Waals surface area contributed by atoms with Gasteiger partial charge in [-0.15, -0.1) is 0 Å². The maximum absolute atomic E-state index is 10.0. The van der Waals surface area contributed by atoms with Crippen LogP contribution < -0.4 is 0 Å². The Morgan fingerprint density at radius 1 is 1.16 bits per heavy atom. The van der Waals surface area contributed by atoms with Crippen LogP contribution in [0.1, 0.15) is 78.6 Å². The van der Waals surface area contributed by atoms with E-state index < -0.39 is 0 Å². The van der Waals surface area contributed by atoms with Gasteiger partial charge in [0, 0.05) is 7.11 Å². The number of rotatable bonds is 4. The smallest absolute Gasteiger partial charge is 0.0661 e. The molecular weight excluding hydrogens is 310 g/mol. The molecule has 25 heavy (non-hydrogen) atoms. The molecule has 0 saturated heterocycles. The van der Waals surface area contributed by atoms with Crippen LogP contribution in [0.4, 0.5) is 0 Å². The van der Waals surface area contributed by atoms with Crippen molar-refractivity contribution < 1.29 is 9.84 Å². The quantitative estimate of drug-likeness (QED) is 0.784. The molecule has 3 aliphatic carbocycles. The lowest BCUT2D eigenvalue weighted by atomic mass is 9.49. The number of nitriles is 1. The molecule has 0 unspecified atom stereocenters. The molecule has 0 aliphatic heterocycles.